The van der Waals surface area contributed by atoms with Crippen molar-refractivity contribution >= 4 is 11.7 Å². The number of nitrogens with zero attached hydrogens (tertiary/aromatic N) is 4. The minimum atomic E-state index is -0.313. The highest BCUT2D eigenvalue weighted by Gasteiger charge is 2.18. The molecule has 3 aromatic rings. The Labute approximate surface area is 132 Å². The number of aromatic nitrogens is 4. The average Bonchev–Trinajstić information content (AvgIpc) is 3.14. The zero-order valence-electron chi connectivity index (χ0n) is 12.8. The summed E-state index contributed by atoms with van der Waals surface area (Å²) in [4.78, 5) is 12.4. The maximum Gasteiger partial charge on any atom is 0.260 e. The number of amides is 1. The van der Waals surface area contributed by atoms with Gasteiger partial charge < -0.3 is 5.32 Å². The van der Waals surface area contributed by atoms with Gasteiger partial charge in [0.1, 0.15) is 5.82 Å². The largest absolute Gasteiger partial charge is 0.305 e. The number of halogens is 1. The van der Waals surface area contributed by atoms with Gasteiger partial charge in [0.05, 0.1) is 23.1 Å². The highest BCUT2D eigenvalue weighted by molar-refractivity contribution is 6.04. The smallest absolute Gasteiger partial charge is 0.260 e. The number of rotatable bonds is 4. The number of benzene rings is 1. The molecule has 7 heteroatoms. The molecule has 1 aromatic carbocycles. The average molecular weight is 313 g/mol. The van der Waals surface area contributed by atoms with E-state index in [0.29, 0.717) is 23.5 Å². The minimum absolute atomic E-state index is 0.270. The summed E-state index contributed by atoms with van der Waals surface area (Å²) in [6.45, 7) is 1.94. The maximum absolute atomic E-state index is 13.1. The Balaban J connectivity index is 1.91. The number of carbonyl (C=O) groups excluding carboxylic acids is 1. The number of hydrogen-bond donors (Lipinski definition) is 1. The zero-order valence-corrected chi connectivity index (χ0v) is 12.8. The number of hydrogen-bond acceptors (Lipinski definition) is 3. The summed E-state index contributed by atoms with van der Waals surface area (Å²) in [5.41, 5.74) is 1.94. The van der Waals surface area contributed by atoms with Crippen LogP contribution in [-0.2, 0) is 13.5 Å². The van der Waals surface area contributed by atoms with Crippen LogP contribution in [-0.4, -0.2) is 25.5 Å². The molecule has 2 aromatic heterocycles. The monoisotopic (exact) mass is 313 g/mol. The van der Waals surface area contributed by atoms with Crippen molar-refractivity contribution in [1.29, 1.82) is 0 Å². The van der Waals surface area contributed by atoms with Crippen molar-refractivity contribution in [3.8, 4) is 5.69 Å². The number of anilines is 1. The molecule has 0 saturated carbocycles. The van der Waals surface area contributed by atoms with Crippen molar-refractivity contribution in [2.75, 3.05) is 5.32 Å². The normalized spacial score (nSPS) is 10.7. The first-order valence-corrected chi connectivity index (χ1v) is 7.22. The van der Waals surface area contributed by atoms with Crippen molar-refractivity contribution in [2.45, 2.75) is 13.3 Å². The molecule has 6 nitrogen and oxygen atoms in total. The standard InChI is InChI=1S/C16H16FN5O/c1-3-14-13(16(23)19-15-8-9-21(2)20-15)10-18-22(14)12-6-4-11(17)5-7-12/h4-10H,3H2,1-2H3,(H,19,20,23). The lowest BCUT2D eigenvalue weighted by atomic mass is 10.2. The van der Waals surface area contributed by atoms with Gasteiger partial charge in [-0.3, -0.25) is 9.48 Å². The van der Waals surface area contributed by atoms with Gasteiger partial charge in [0.15, 0.2) is 5.82 Å². The summed E-state index contributed by atoms with van der Waals surface area (Å²) in [6, 6.07) is 7.70. The second-order valence-electron chi connectivity index (χ2n) is 5.08. The van der Waals surface area contributed by atoms with Crippen LogP contribution in [0.5, 0.6) is 0 Å². The molecule has 0 atom stereocenters. The molecule has 0 fully saturated rings. The first kappa shape index (κ1) is 15.0. The van der Waals surface area contributed by atoms with Crippen LogP contribution in [0.2, 0.25) is 0 Å². The molecule has 0 radical (unpaired) electrons. The quantitative estimate of drug-likeness (QED) is 0.805. The molecule has 0 spiro atoms. The molecule has 1 N–H and O–H groups in total. The van der Waals surface area contributed by atoms with E-state index in [1.54, 1.807) is 40.8 Å². The van der Waals surface area contributed by atoms with Crippen LogP contribution in [0.3, 0.4) is 0 Å². The fourth-order valence-corrected chi connectivity index (χ4v) is 2.37. The molecule has 3 rings (SSSR count). The highest BCUT2D eigenvalue weighted by Crippen LogP contribution is 2.17. The van der Waals surface area contributed by atoms with Crippen LogP contribution >= 0.6 is 0 Å². The van der Waals surface area contributed by atoms with E-state index in [4.69, 9.17) is 0 Å². The molecule has 0 aliphatic rings. The minimum Gasteiger partial charge on any atom is -0.305 e. The van der Waals surface area contributed by atoms with Gasteiger partial charge in [-0.1, -0.05) is 6.92 Å². The summed E-state index contributed by atoms with van der Waals surface area (Å²) in [6.07, 6.45) is 3.88. The van der Waals surface area contributed by atoms with Gasteiger partial charge in [0.2, 0.25) is 0 Å². The first-order valence-electron chi connectivity index (χ1n) is 7.22. The van der Waals surface area contributed by atoms with E-state index in [9.17, 15) is 9.18 Å². The van der Waals surface area contributed by atoms with E-state index in [0.717, 1.165) is 5.69 Å². The number of nitrogens with one attached hydrogen (secondary N) is 1. The van der Waals surface area contributed by atoms with Gasteiger partial charge >= 0.3 is 0 Å². The summed E-state index contributed by atoms with van der Waals surface area (Å²) in [5.74, 6) is -0.102. The Hall–Kier alpha value is -2.96. The van der Waals surface area contributed by atoms with Crippen molar-refractivity contribution in [3.05, 3.63) is 59.8 Å². The Bertz CT molecular complexity index is 835. The lowest BCUT2D eigenvalue weighted by Crippen LogP contribution is -2.14. The van der Waals surface area contributed by atoms with Crippen LogP contribution in [0.4, 0.5) is 10.2 Å². The molecule has 0 bridgehead atoms. The Morgan fingerprint density at radius 1 is 1.26 bits per heavy atom. The van der Waals surface area contributed by atoms with Gasteiger partial charge in [0, 0.05) is 19.3 Å². The van der Waals surface area contributed by atoms with Crippen molar-refractivity contribution in [1.82, 2.24) is 19.6 Å². The lowest BCUT2D eigenvalue weighted by molar-refractivity contribution is 0.102. The van der Waals surface area contributed by atoms with Crippen LogP contribution in [0.1, 0.15) is 23.0 Å². The van der Waals surface area contributed by atoms with Gasteiger partial charge in [-0.25, -0.2) is 9.07 Å². The van der Waals surface area contributed by atoms with Crippen LogP contribution < -0.4 is 5.32 Å². The molecule has 0 aliphatic carbocycles. The Kier molecular flexibility index (Phi) is 3.92. The zero-order chi connectivity index (χ0) is 16.4. The fraction of sp³-hybridized carbons (Fsp3) is 0.188. The van der Waals surface area contributed by atoms with Gasteiger partial charge in [-0.15, -0.1) is 0 Å². The number of carbonyl (C=O) groups is 1. The van der Waals surface area contributed by atoms with E-state index in [2.05, 4.69) is 15.5 Å². The SMILES string of the molecule is CCc1c(C(=O)Nc2ccn(C)n2)cnn1-c1ccc(F)cc1. The topological polar surface area (TPSA) is 64.7 Å². The maximum atomic E-state index is 13.1. The number of aryl methyl sites for hydroxylation is 1. The molecular formula is C16H16FN5O. The van der Waals surface area contributed by atoms with Crippen LogP contribution in [0.25, 0.3) is 5.69 Å². The van der Waals surface area contributed by atoms with E-state index in [-0.39, 0.29) is 11.7 Å². The van der Waals surface area contributed by atoms with Crippen LogP contribution in [0, 0.1) is 5.82 Å². The molecule has 2 heterocycles. The second-order valence-corrected chi connectivity index (χ2v) is 5.08. The third-order valence-corrected chi connectivity index (χ3v) is 3.47. The molecule has 23 heavy (non-hydrogen) atoms. The van der Waals surface area contributed by atoms with Crippen molar-refractivity contribution in [2.24, 2.45) is 7.05 Å². The highest BCUT2D eigenvalue weighted by atomic mass is 19.1. The molecule has 118 valence electrons. The van der Waals surface area contributed by atoms with Crippen molar-refractivity contribution in [3.63, 3.8) is 0 Å². The summed E-state index contributed by atoms with van der Waals surface area (Å²) < 4.78 is 16.3. The summed E-state index contributed by atoms with van der Waals surface area (Å²) in [5, 5.41) is 11.1. The predicted molar refractivity (Wildman–Crippen MR) is 84.1 cm³/mol. The van der Waals surface area contributed by atoms with E-state index in [1.165, 1.54) is 18.3 Å². The lowest BCUT2D eigenvalue weighted by Gasteiger charge is -2.08. The van der Waals surface area contributed by atoms with Gasteiger partial charge in [-0.2, -0.15) is 10.2 Å². The van der Waals surface area contributed by atoms with E-state index in [1.807, 2.05) is 6.92 Å². The third-order valence-electron chi connectivity index (χ3n) is 3.47. The first-order chi connectivity index (χ1) is 11.1. The van der Waals surface area contributed by atoms with Crippen molar-refractivity contribution < 1.29 is 9.18 Å². The third kappa shape index (κ3) is 2.98. The molecular weight excluding hydrogens is 297 g/mol. The summed E-state index contributed by atoms with van der Waals surface area (Å²) in [7, 11) is 1.78. The molecule has 0 unspecified atom stereocenters. The van der Waals surface area contributed by atoms with E-state index < -0.39 is 0 Å². The predicted octanol–water partition coefficient (Wildman–Crippen LogP) is 2.56. The molecule has 0 aliphatic heterocycles. The Morgan fingerprint density at radius 2 is 2.00 bits per heavy atom. The fourth-order valence-electron chi connectivity index (χ4n) is 2.37. The molecule has 1 amide bonds. The van der Waals surface area contributed by atoms with Gasteiger partial charge in [-0.05, 0) is 30.7 Å². The second kappa shape index (κ2) is 6.04. The van der Waals surface area contributed by atoms with Gasteiger partial charge in [0.25, 0.3) is 5.91 Å². The van der Waals surface area contributed by atoms with Crippen LogP contribution in [0.15, 0.2) is 42.7 Å². The summed E-state index contributed by atoms with van der Waals surface area (Å²) >= 11 is 0. The molecule has 0 saturated heterocycles. The Morgan fingerprint density at radius 3 is 2.61 bits per heavy atom. The van der Waals surface area contributed by atoms with E-state index >= 15 is 0 Å².